The number of aromatic amines is 1. The van der Waals surface area contributed by atoms with E-state index < -0.39 is 5.60 Å². The first-order valence-corrected chi connectivity index (χ1v) is 8.22. The van der Waals surface area contributed by atoms with Crippen molar-refractivity contribution in [3.8, 4) is 0 Å². The third-order valence-corrected chi connectivity index (χ3v) is 4.48. The van der Waals surface area contributed by atoms with Crippen molar-refractivity contribution in [2.45, 2.75) is 18.4 Å². The van der Waals surface area contributed by atoms with Crippen LogP contribution in [0.15, 0.2) is 36.8 Å². The highest BCUT2D eigenvalue weighted by Crippen LogP contribution is 2.24. The number of carbonyl (C=O) groups is 1. The van der Waals surface area contributed by atoms with Gasteiger partial charge >= 0.3 is 0 Å². The number of hydrogen-bond donors (Lipinski definition) is 2. The van der Waals surface area contributed by atoms with Crippen LogP contribution in [0, 0.1) is 0 Å². The minimum absolute atomic E-state index is 0.00326. The molecule has 7 heteroatoms. The number of aliphatic hydroxyl groups is 1. The molecule has 6 nitrogen and oxygen atoms in total. The quantitative estimate of drug-likeness (QED) is 0.856. The summed E-state index contributed by atoms with van der Waals surface area (Å²) in [7, 11) is 0. The SMILES string of the molecule is O=C(Cc1cnc[nH]1)N1CCO[C@](CO)(Cc2ccc(Cl)cc2)C1. The molecule has 3 rings (SSSR count). The molecule has 24 heavy (non-hydrogen) atoms. The van der Waals surface area contributed by atoms with Crippen molar-refractivity contribution in [2.75, 3.05) is 26.3 Å². The molecule has 1 fully saturated rings. The molecule has 0 unspecified atom stereocenters. The normalized spacial score (nSPS) is 21.0. The van der Waals surface area contributed by atoms with Gasteiger partial charge in [0.2, 0.25) is 5.91 Å². The van der Waals surface area contributed by atoms with Crippen LogP contribution in [-0.4, -0.2) is 57.8 Å². The predicted molar refractivity (Wildman–Crippen MR) is 89.8 cm³/mol. The van der Waals surface area contributed by atoms with Crippen LogP contribution in [0.25, 0.3) is 0 Å². The lowest BCUT2D eigenvalue weighted by Crippen LogP contribution is -2.57. The van der Waals surface area contributed by atoms with E-state index in [2.05, 4.69) is 9.97 Å². The van der Waals surface area contributed by atoms with Gasteiger partial charge in [-0.25, -0.2) is 4.98 Å². The Bertz CT molecular complexity index is 675. The van der Waals surface area contributed by atoms with E-state index in [0.29, 0.717) is 31.1 Å². The highest BCUT2D eigenvalue weighted by atomic mass is 35.5. The molecule has 1 aromatic heterocycles. The van der Waals surface area contributed by atoms with Gasteiger partial charge in [0.15, 0.2) is 0 Å². The first-order chi connectivity index (χ1) is 11.6. The zero-order valence-electron chi connectivity index (χ0n) is 13.2. The summed E-state index contributed by atoms with van der Waals surface area (Å²) in [6.07, 6.45) is 3.99. The molecule has 2 aromatic rings. The van der Waals surface area contributed by atoms with Crippen molar-refractivity contribution in [3.63, 3.8) is 0 Å². The van der Waals surface area contributed by atoms with Gasteiger partial charge in [-0.1, -0.05) is 23.7 Å². The third kappa shape index (κ3) is 3.95. The van der Waals surface area contributed by atoms with E-state index in [-0.39, 0.29) is 18.9 Å². The average Bonchev–Trinajstić information content (AvgIpc) is 3.10. The van der Waals surface area contributed by atoms with Gasteiger partial charge < -0.3 is 19.7 Å². The summed E-state index contributed by atoms with van der Waals surface area (Å²) in [5.41, 5.74) is 1.01. The Morgan fingerprint density at radius 3 is 2.88 bits per heavy atom. The summed E-state index contributed by atoms with van der Waals surface area (Å²) in [6, 6.07) is 7.45. The van der Waals surface area contributed by atoms with Crippen LogP contribution >= 0.6 is 11.6 Å². The minimum Gasteiger partial charge on any atom is -0.393 e. The van der Waals surface area contributed by atoms with E-state index >= 15 is 0 Å². The van der Waals surface area contributed by atoms with Gasteiger partial charge in [-0.2, -0.15) is 0 Å². The number of morpholine rings is 1. The van der Waals surface area contributed by atoms with E-state index in [1.54, 1.807) is 17.4 Å². The molecule has 2 heterocycles. The molecule has 0 radical (unpaired) electrons. The van der Waals surface area contributed by atoms with Gasteiger partial charge in [0.1, 0.15) is 5.60 Å². The van der Waals surface area contributed by atoms with Crippen LogP contribution in [0.2, 0.25) is 5.02 Å². The summed E-state index contributed by atoms with van der Waals surface area (Å²) < 4.78 is 5.87. The van der Waals surface area contributed by atoms with Crippen LogP contribution in [0.1, 0.15) is 11.3 Å². The van der Waals surface area contributed by atoms with Crippen molar-refractivity contribution in [3.05, 3.63) is 53.1 Å². The number of benzene rings is 1. The number of carbonyl (C=O) groups excluding carboxylic acids is 1. The molecule has 1 amide bonds. The van der Waals surface area contributed by atoms with Crippen molar-refractivity contribution in [2.24, 2.45) is 0 Å². The number of ether oxygens (including phenoxy) is 1. The van der Waals surface area contributed by atoms with E-state index in [9.17, 15) is 9.90 Å². The lowest BCUT2D eigenvalue weighted by molar-refractivity contribution is -0.157. The van der Waals surface area contributed by atoms with Crippen LogP contribution in [-0.2, 0) is 22.4 Å². The average molecular weight is 350 g/mol. The summed E-state index contributed by atoms with van der Waals surface area (Å²) in [5, 5.41) is 10.6. The molecule has 1 aliphatic rings. The predicted octanol–water partition coefficient (Wildman–Crippen LogP) is 1.44. The Balaban J connectivity index is 1.69. The zero-order valence-corrected chi connectivity index (χ0v) is 14.0. The van der Waals surface area contributed by atoms with Crippen LogP contribution in [0.3, 0.4) is 0 Å². The molecule has 1 atom stereocenters. The highest BCUT2D eigenvalue weighted by molar-refractivity contribution is 6.30. The summed E-state index contributed by atoms with van der Waals surface area (Å²) in [4.78, 5) is 21.1. The van der Waals surface area contributed by atoms with Crippen molar-refractivity contribution >= 4 is 17.5 Å². The number of amides is 1. The van der Waals surface area contributed by atoms with E-state index in [1.165, 1.54) is 0 Å². The maximum atomic E-state index is 12.5. The molecule has 1 aromatic carbocycles. The first-order valence-electron chi connectivity index (χ1n) is 7.84. The maximum absolute atomic E-state index is 12.5. The lowest BCUT2D eigenvalue weighted by Gasteiger charge is -2.42. The molecular weight excluding hydrogens is 330 g/mol. The number of rotatable bonds is 5. The summed E-state index contributed by atoms with van der Waals surface area (Å²) >= 11 is 5.91. The first kappa shape index (κ1) is 17.0. The van der Waals surface area contributed by atoms with E-state index in [1.807, 2.05) is 24.3 Å². The number of nitrogens with one attached hydrogen (secondary N) is 1. The molecule has 1 saturated heterocycles. The van der Waals surface area contributed by atoms with Gasteiger partial charge in [0.05, 0.1) is 32.5 Å². The highest BCUT2D eigenvalue weighted by Gasteiger charge is 2.38. The number of nitrogens with zero attached hydrogens (tertiary/aromatic N) is 2. The molecule has 2 N–H and O–H groups in total. The lowest BCUT2D eigenvalue weighted by atomic mass is 9.93. The van der Waals surface area contributed by atoms with Gasteiger partial charge in [-0.05, 0) is 17.7 Å². The maximum Gasteiger partial charge on any atom is 0.228 e. The number of aromatic nitrogens is 2. The summed E-state index contributed by atoms with van der Waals surface area (Å²) in [5.74, 6) is -0.00326. The van der Waals surface area contributed by atoms with Crippen molar-refractivity contribution in [1.29, 1.82) is 0 Å². The number of halogens is 1. The minimum atomic E-state index is -0.782. The van der Waals surface area contributed by atoms with Crippen LogP contribution in [0.5, 0.6) is 0 Å². The zero-order chi connectivity index (χ0) is 17.0. The Kier molecular flexibility index (Phi) is 5.18. The van der Waals surface area contributed by atoms with Gasteiger partial charge in [-0.3, -0.25) is 4.79 Å². The molecule has 0 saturated carbocycles. The molecule has 0 spiro atoms. The molecule has 1 aliphatic heterocycles. The molecule has 0 aliphatic carbocycles. The monoisotopic (exact) mass is 349 g/mol. The third-order valence-electron chi connectivity index (χ3n) is 4.23. The Morgan fingerprint density at radius 2 is 2.21 bits per heavy atom. The van der Waals surface area contributed by atoms with Crippen molar-refractivity contribution in [1.82, 2.24) is 14.9 Å². The standard InChI is InChI=1S/C17H20ClN3O3/c18-14-3-1-13(2-4-14)8-17(11-22)10-21(5-6-24-17)16(23)7-15-9-19-12-20-15/h1-4,9,12,22H,5-8,10-11H2,(H,19,20)/t17-/m1/s1. The fourth-order valence-electron chi connectivity index (χ4n) is 2.95. The second kappa shape index (κ2) is 7.34. The van der Waals surface area contributed by atoms with Gasteiger partial charge in [-0.15, -0.1) is 0 Å². The topological polar surface area (TPSA) is 78.5 Å². The Hall–Kier alpha value is -1.89. The Morgan fingerprint density at radius 1 is 1.42 bits per heavy atom. The summed E-state index contributed by atoms with van der Waals surface area (Å²) in [6.45, 7) is 1.14. The second-order valence-corrected chi connectivity index (χ2v) is 6.50. The fraction of sp³-hybridized carbons (Fsp3) is 0.412. The molecular formula is C17H20ClN3O3. The Labute approximate surface area is 145 Å². The number of hydrogen-bond acceptors (Lipinski definition) is 4. The van der Waals surface area contributed by atoms with Crippen molar-refractivity contribution < 1.29 is 14.6 Å². The van der Waals surface area contributed by atoms with Crippen LogP contribution < -0.4 is 0 Å². The number of H-pyrrole nitrogens is 1. The number of aliphatic hydroxyl groups excluding tert-OH is 1. The van der Waals surface area contributed by atoms with E-state index in [0.717, 1.165) is 11.3 Å². The molecule has 0 bridgehead atoms. The fourth-order valence-corrected chi connectivity index (χ4v) is 3.07. The van der Waals surface area contributed by atoms with Crippen LogP contribution in [0.4, 0.5) is 0 Å². The second-order valence-electron chi connectivity index (χ2n) is 6.06. The molecule has 128 valence electrons. The largest absolute Gasteiger partial charge is 0.393 e. The van der Waals surface area contributed by atoms with Gasteiger partial charge in [0.25, 0.3) is 0 Å². The van der Waals surface area contributed by atoms with Gasteiger partial charge in [0, 0.05) is 29.9 Å². The van der Waals surface area contributed by atoms with E-state index in [4.69, 9.17) is 16.3 Å². The smallest absolute Gasteiger partial charge is 0.228 e. The number of imidazole rings is 1.